The van der Waals surface area contributed by atoms with Crippen LogP contribution in [0.2, 0.25) is 0 Å². The first-order valence-electron chi connectivity index (χ1n) is 13.4. The van der Waals surface area contributed by atoms with E-state index in [9.17, 15) is 9.59 Å². The lowest BCUT2D eigenvalue weighted by Crippen LogP contribution is -2.41. The molecular formula is C28H48N2O10. The van der Waals surface area contributed by atoms with E-state index in [4.69, 9.17) is 50.7 Å². The molecule has 0 saturated heterocycles. The molecule has 0 aromatic carbocycles. The van der Waals surface area contributed by atoms with Crippen LogP contribution in [0.3, 0.4) is 0 Å². The van der Waals surface area contributed by atoms with E-state index in [1.165, 1.54) is 0 Å². The quantitative estimate of drug-likeness (QED) is 0.119. The van der Waals surface area contributed by atoms with Gasteiger partial charge in [0.2, 0.25) is 5.91 Å². The van der Waals surface area contributed by atoms with E-state index in [0.717, 1.165) is 0 Å². The summed E-state index contributed by atoms with van der Waals surface area (Å²) in [7, 11) is 0. The molecule has 0 heterocycles. The largest absolute Gasteiger partial charge is 0.447 e. The lowest BCUT2D eigenvalue weighted by atomic mass is 10.1. The van der Waals surface area contributed by atoms with Gasteiger partial charge in [-0.2, -0.15) is 0 Å². The van der Waals surface area contributed by atoms with E-state index >= 15 is 0 Å². The Kier molecular flexibility index (Phi) is 25.2. The summed E-state index contributed by atoms with van der Waals surface area (Å²) in [5.74, 6) is 4.68. The minimum absolute atomic E-state index is 0.0949. The average molecular weight is 573 g/mol. The number of ether oxygens (including phenoxy) is 8. The second-order valence-electron chi connectivity index (χ2n) is 9.22. The molecule has 0 unspecified atom stereocenters. The first-order chi connectivity index (χ1) is 19.3. The summed E-state index contributed by atoms with van der Waals surface area (Å²) in [4.78, 5) is 26.1. The first kappa shape index (κ1) is 37.6. The van der Waals surface area contributed by atoms with Crippen molar-refractivity contribution in [2.24, 2.45) is 0 Å². The van der Waals surface area contributed by atoms with Crippen LogP contribution < -0.4 is 5.32 Å². The molecule has 0 rings (SSSR count). The molecular weight excluding hydrogens is 524 g/mol. The van der Waals surface area contributed by atoms with Crippen LogP contribution in [0.5, 0.6) is 0 Å². The van der Waals surface area contributed by atoms with Gasteiger partial charge in [-0.05, 0) is 20.8 Å². The van der Waals surface area contributed by atoms with Crippen molar-refractivity contribution in [3.63, 3.8) is 0 Å². The maximum Gasteiger partial charge on any atom is 0.407 e. The molecule has 12 heteroatoms. The highest BCUT2D eigenvalue weighted by molar-refractivity contribution is 5.76. The molecule has 1 N–H and O–H groups in total. The van der Waals surface area contributed by atoms with Gasteiger partial charge in [-0.25, -0.2) is 4.79 Å². The van der Waals surface area contributed by atoms with Gasteiger partial charge >= 0.3 is 6.09 Å². The van der Waals surface area contributed by atoms with Gasteiger partial charge in [-0.3, -0.25) is 4.79 Å². The molecule has 0 saturated carbocycles. The molecule has 0 radical (unpaired) electrons. The van der Waals surface area contributed by atoms with Gasteiger partial charge in [0.1, 0.15) is 19.8 Å². The van der Waals surface area contributed by atoms with Gasteiger partial charge in [0.25, 0.3) is 0 Å². The maximum absolute atomic E-state index is 12.8. The lowest BCUT2D eigenvalue weighted by Gasteiger charge is -2.23. The first-order valence-corrected chi connectivity index (χ1v) is 13.4. The Hall–Kier alpha value is -2.42. The molecule has 0 aliphatic rings. The average Bonchev–Trinajstić information content (AvgIpc) is 2.90. The molecule has 0 aromatic rings. The Bertz CT molecular complexity index is 681. The number of rotatable bonds is 26. The van der Waals surface area contributed by atoms with Crippen LogP contribution in [0.15, 0.2) is 0 Å². The minimum atomic E-state index is -0.511. The molecule has 0 aromatic heterocycles. The van der Waals surface area contributed by atoms with Crippen LogP contribution >= 0.6 is 0 Å². The van der Waals surface area contributed by atoms with Crippen LogP contribution in [-0.2, 0) is 42.7 Å². The predicted octanol–water partition coefficient (Wildman–Crippen LogP) is 1.11. The fourth-order valence-electron chi connectivity index (χ4n) is 2.81. The van der Waals surface area contributed by atoms with E-state index in [-0.39, 0.29) is 50.9 Å². The van der Waals surface area contributed by atoms with Gasteiger partial charge in [-0.15, -0.1) is 12.8 Å². The number of carbonyl (C=O) groups is 2. The third-order valence-electron chi connectivity index (χ3n) is 4.62. The number of alkyl carbamates (subject to hydrolysis) is 1. The standard InChI is InChI=1S/C28H48N2O10/c1-6-11-33-16-20-38-22-18-36-14-9-30(10-15-37-19-23-39-21-17-34-12-7-2)26(31)8-13-35-24-25-40-27(32)29-28(3,4)5/h1-2H,8-25H2,3-5H3,(H,29,32). The van der Waals surface area contributed by atoms with E-state index in [0.29, 0.717) is 79.2 Å². The number of amides is 2. The van der Waals surface area contributed by atoms with Crippen LogP contribution in [0.1, 0.15) is 27.2 Å². The molecule has 40 heavy (non-hydrogen) atoms. The number of nitrogens with zero attached hydrogens (tertiary/aromatic N) is 1. The Morgan fingerprint density at radius 2 is 1.02 bits per heavy atom. The summed E-state index contributed by atoms with van der Waals surface area (Å²) in [5, 5.41) is 2.69. The number of terminal acetylenes is 2. The van der Waals surface area contributed by atoms with Gasteiger partial charge in [-0.1, -0.05) is 11.8 Å². The third-order valence-corrected chi connectivity index (χ3v) is 4.62. The van der Waals surface area contributed by atoms with Crippen molar-refractivity contribution in [3.8, 4) is 24.7 Å². The van der Waals surface area contributed by atoms with E-state index in [1.807, 2.05) is 20.8 Å². The van der Waals surface area contributed by atoms with Gasteiger partial charge in [0.15, 0.2) is 0 Å². The predicted molar refractivity (Wildman–Crippen MR) is 149 cm³/mol. The van der Waals surface area contributed by atoms with Crippen molar-refractivity contribution < 1.29 is 47.5 Å². The summed E-state index contributed by atoms with van der Waals surface area (Å²) in [6.45, 7) is 11.4. The topological polar surface area (TPSA) is 123 Å². The number of hydrogen-bond acceptors (Lipinski definition) is 10. The molecule has 230 valence electrons. The molecule has 12 nitrogen and oxygen atoms in total. The van der Waals surface area contributed by atoms with E-state index < -0.39 is 6.09 Å². The molecule has 2 amide bonds. The minimum Gasteiger partial charge on any atom is -0.447 e. The second-order valence-corrected chi connectivity index (χ2v) is 9.22. The smallest absolute Gasteiger partial charge is 0.407 e. The summed E-state index contributed by atoms with van der Waals surface area (Å²) in [6, 6.07) is 0. The summed E-state index contributed by atoms with van der Waals surface area (Å²) >= 11 is 0. The van der Waals surface area contributed by atoms with Crippen molar-refractivity contribution in [1.29, 1.82) is 0 Å². The van der Waals surface area contributed by atoms with Gasteiger partial charge < -0.3 is 48.1 Å². The number of hydrogen-bond donors (Lipinski definition) is 1. The van der Waals surface area contributed by atoms with Crippen molar-refractivity contribution in [2.75, 3.05) is 112 Å². The van der Waals surface area contributed by atoms with Crippen molar-refractivity contribution in [3.05, 3.63) is 0 Å². The number of carbonyl (C=O) groups excluding carboxylic acids is 2. The molecule has 0 aliphatic heterocycles. The zero-order valence-corrected chi connectivity index (χ0v) is 24.4. The summed E-state index contributed by atoms with van der Waals surface area (Å²) in [5.41, 5.74) is -0.379. The third kappa shape index (κ3) is 27.2. The SMILES string of the molecule is C#CCOCCOCCOCCN(CCOCCOCCOCC#C)C(=O)CCOCCOC(=O)NC(C)(C)C. The highest BCUT2D eigenvalue weighted by Gasteiger charge is 2.15. The van der Waals surface area contributed by atoms with E-state index in [2.05, 4.69) is 17.2 Å². The van der Waals surface area contributed by atoms with Crippen LogP contribution in [0.4, 0.5) is 4.79 Å². The van der Waals surface area contributed by atoms with Gasteiger partial charge in [0.05, 0.1) is 85.7 Å². The van der Waals surface area contributed by atoms with Crippen molar-refractivity contribution in [2.45, 2.75) is 32.7 Å². The Morgan fingerprint density at radius 3 is 1.48 bits per heavy atom. The van der Waals surface area contributed by atoms with E-state index in [1.54, 1.807) is 4.90 Å². The normalized spacial score (nSPS) is 11.0. The van der Waals surface area contributed by atoms with Crippen LogP contribution in [0, 0.1) is 24.7 Å². The Labute approximate surface area is 239 Å². The van der Waals surface area contributed by atoms with Crippen LogP contribution in [0.25, 0.3) is 0 Å². The Balaban J connectivity index is 4.21. The zero-order chi connectivity index (χ0) is 29.7. The molecule has 0 aliphatic carbocycles. The fraction of sp³-hybridized carbons (Fsp3) is 0.786. The maximum atomic E-state index is 12.8. The molecule has 0 bridgehead atoms. The molecule has 0 atom stereocenters. The van der Waals surface area contributed by atoms with Gasteiger partial charge in [0, 0.05) is 18.6 Å². The second kappa shape index (κ2) is 26.8. The highest BCUT2D eigenvalue weighted by atomic mass is 16.6. The zero-order valence-electron chi connectivity index (χ0n) is 24.4. The lowest BCUT2D eigenvalue weighted by molar-refractivity contribution is -0.134. The number of nitrogens with one attached hydrogen (secondary N) is 1. The monoisotopic (exact) mass is 572 g/mol. The van der Waals surface area contributed by atoms with Crippen molar-refractivity contribution >= 4 is 12.0 Å². The summed E-state index contributed by atoms with van der Waals surface area (Å²) in [6.07, 6.45) is 9.88. The van der Waals surface area contributed by atoms with Crippen molar-refractivity contribution in [1.82, 2.24) is 10.2 Å². The molecule has 0 fully saturated rings. The molecule has 0 spiro atoms. The summed E-state index contributed by atoms with van der Waals surface area (Å²) < 4.78 is 42.7. The highest BCUT2D eigenvalue weighted by Crippen LogP contribution is 2.00. The van der Waals surface area contributed by atoms with Crippen LogP contribution in [-0.4, -0.2) is 135 Å². The fourth-order valence-corrected chi connectivity index (χ4v) is 2.81. The Morgan fingerprint density at radius 1 is 0.625 bits per heavy atom.